The lowest BCUT2D eigenvalue weighted by atomic mass is 9.43. The van der Waals surface area contributed by atoms with E-state index < -0.39 is 0 Å². The van der Waals surface area contributed by atoms with E-state index in [1.807, 2.05) is 7.11 Å². The highest BCUT2D eigenvalue weighted by molar-refractivity contribution is 5.46. The number of hydrogen-bond acceptors (Lipinski definition) is 4. The third-order valence-electron chi connectivity index (χ3n) is 6.89. The summed E-state index contributed by atoms with van der Waals surface area (Å²) in [5, 5.41) is 0. The Morgan fingerprint density at radius 1 is 1.22 bits per heavy atom. The van der Waals surface area contributed by atoms with E-state index in [1.165, 1.54) is 12.0 Å². The van der Waals surface area contributed by atoms with E-state index in [0.29, 0.717) is 19.1 Å². The van der Waals surface area contributed by atoms with Crippen LogP contribution >= 0.6 is 0 Å². The maximum absolute atomic E-state index is 6.68. The summed E-state index contributed by atoms with van der Waals surface area (Å²) < 4.78 is 24.3. The molecule has 23 heavy (non-hydrogen) atoms. The summed E-state index contributed by atoms with van der Waals surface area (Å²) >= 11 is 0. The summed E-state index contributed by atoms with van der Waals surface area (Å²) in [6.07, 6.45) is 10.4. The molecule has 0 aromatic rings. The average Bonchev–Trinajstić information content (AvgIpc) is 3.04. The lowest BCUT2D eigenvalue weighted by Crippen LogP contribution is -2.68. The van der Waals surface area contributed by atoms with Gasteiger partial charge in [-0.25, -0.2) is 0 Å². The van der Waals surface area contributed by atoms with Crippen molar-refractivity contribution in [2.75, 3.05) is 34.5 Å². The van der Waals surface area contributed by atoms with Gasteiger partial charge in [-0.05, 0) is 19.3 Å². The van der Waals surface area contributed by atoms with Crippen LogP contribution in [0, 0.1) is 16.7 Å². The Balaban J connectivity index is 2.00. The van der Waals surface area contributed by atoms with E-state index in [9.17, 15) is 0 Å². The summed E-state index contributed by atoms with van der Waals surface area (Å²) in [4.78, 5) is 0. The van der Waals surface area contributed by atoms with E-state index in [2.05, 4.69) is 25.2 Å². The average molecular weight is 320 g/mol. The molecule has 4 rings (SSSR count). The van der Waals surface area contributed by atoms with Crippen molar-refractivity contribution in [3.8, 4) is 0 Å². The fourth-order valence-electron chi connectivity index (χ4n) is 6.41. The minimum Gasteiger partial charge on any atom is -0.384 e. The second-order valence-corrected chi connectivity index (χ2v) is 7.66. The molecule has 0 aromatic carbocycles. The first-order valence-corrected chi connectivity index (χ1v) is 8.71. The molecule has 0 aromatic heterocycles. The van der Waals surface area contributed by atoms with Crippen molar-refractivity contribution in [2.45, 2.75) is 44.0 Å². The zero-order valence-corrected chi connectivity index (χ0v) is 14.6. The van der Waals surface area contributed by atoms with Gasteiger partial charge in [-0.15, -0.1) is 0 Å². The molecule has 2 aliphatic heterocycles. The lowest BCUT2D eigenvalue weighted by Gasteiger charge is -2.61. The number of hydrogen-bond donors (Lipinski definition) is 0. The van der Waals surface area contributed by atoms with Gasteiger partial charge in [-0.1, -0.05) is 30.7 Å². The van der Waals surface area contributed by atoms with Crippen molar-refractivity contribution < 1.29 is 18.9 Å². The highest BCUT2D eigenvalue weighted by Gasteiger charge is 2.79. The van der Waals surface area contributed by atoms with Crippen LogP contribution in [-0.2, 0) is 18.9 Å². The summed E-state index contributed by atoms with van der Waals surface area (Å²) in [6, 6.07) is 0. The molecular formula is C19H28O4. The monoisotopic (exact) mass is 320 g/mol. The predicted molar refractivity (Wildman–Crippen MR) is 87.3 cm³/mol. The quantitative estimate of drug-likeness (QED) is 0.730. The van der Waals surface area contributed by atoms with Crippen molar-refractivity contribution in [2.24, 2.45) is 16.7 Å². The molecule has 2 aliphatic carbocycles. The summed E-state index contributed by atoms with van der Waals surface area (Å²) in [5.41, 5.74) is 0.851. The second-order valence-electron chi connectivity index (χ2n) is 7.66. The molecule has 0 unspecified atom stereocenters. The van der Waals surface area contributed by atoms with Crippen molar-refractivity contribution in [1.29, 1.82) is 0 Å². The van der Waals surface area contributed by atoms with Gasteiger partial charge < -0.3 is 18.9 Å². The zero-order chi connectivity index (χ0) is 16.3. The van der Waals surface area contributed by atoms with Crippen molar-refractivity contribution in [3.05, 3.63) is 23.8 Å². The Morgan fingerprint density at radius 3 is 2.70 bits per heavy atom. The van der Waals surface area contributed by atoms with Gasteiger partial charge in [-0.2, -0.15) is 0 Å². The lowest BCUT2D eigenvalue weighted by molar-refractivity contribution is -0.161. The number of rotatable bonds is 5. The van der Waals surface area contributed by atoms with Crippen molar-refractivity contribution >= 4 is 0 Å². The van der Waals surface area contributed by atoms with E-state index in [-0.39, 0.29) is 28.6 Å². The SMILES string of the molecule is COC[C@]12[C@H]3C=C[C@]4(CCCC(=C[C@H](C)[C@@H]1OC)[C@]24COC)O3. The first-order chi connectivity index (χ1) is 11.1. The van der Waals surface area contributed by atoms with Gasteiger partial charge in [-0.3, -0.25) is 0 Å². The third-order valence-corrected chi connectivity index (χ3v) is 6.89. The van der Waals surface area contributed by atoms with Gasteiger partial charge in [0.15, 0.2) is 0 Å². The molecule has 4 heteroatoms. The van der Waals surface area contributed by atoms with Gasteiger partial charge >= 0.3 is 0 Å². The molecule has 6 atom stereocenters. The highest BCUT2D eigenvalue weighted by Crippen LogP contribution is 2.73. The Bertz CT molecular complexity index is 556. The number of ether oxygens (including phenoxy) is 4. The molecule has 4 nitrogen and oxygen atoms in total. The first-order valence-electron chi connectivity index (χ1n) is 8.71. The zero-order valence-electron chi connectivity index (χ0n) is 14.6. The molecule has 0 amide bonds. The van der Waals surface area contributed by atoms with Gasteiger partial charge in [0.25, 0.3) is 0 Å². The Hall–Kier alpha value is -0.680. The van der Waals surface area contributed by atoms with Crippen LogP contribution < -0.4 is 0 Å². The van der Waals surface area contributed by atoms with E-state index in [0.717, 1.165) is 12.8 Å². The van der Waals surface area contributed by atoms with Gasteiger partial charge in [0, 0.05) is 27.2 Å². The molecule has 1 saturated heterocycles. The number of methoxy groups -OCH3 is 3. The molecule has 4 aliphatic rings. The van der Waals surface area contributed by atoms with Crippen LogP contribution in [0.5, 0.6) is 0 Å². The minimum absolute atomic E-state index is 0.0341. The molecule has 0 N–H and O–H groups in total. The molecular weight excluding hydrogens is 292 g/mol. The fraction of sp³-hybridized carbons (Fsp3) is 0.789. The predicted octanol–water partition coefficient (Wildman–Crippen LogP) is 2.73. The van der Waals surface area contributed by atoms with Crippen molar-refractivity contribution in [1.82, 2.24) is 0 Å². The van der Waals surface area contributed by atoms with Crippen LogP contribution in [0.4, 0.5) is 0 Å². The normalized spacial score (nSPS) is 50.1. The number of fused-ring (bicyclic) bond motifs is 2. The maximum atomic E-state index is 6.68. The van der Waals surface area contributed by atoms with Crippen LogP contribution in [0.3, 0.4) is 0 Å². The molecule has 1 saturated carbocycles. The van der Waals surface area contributed by atoms with Crippen LogP contribution in [-0.4, -0.2) is 52.4 Å². The van der Waals surface area contributed by atoms with Crippen LogP contribution in [0.2, 0.25) is 0 Å². The Morgan fingerprint density at radius 2 is 2.00 bits per heavy atom. The summed E-state index contributed by atoms with van der Waals surface area (Å²) in [7, 11) is 5.41. The molecule has 2 fully saturated rings. The molecule has 2 bridgehead atoms. The van der Waals surface area contributed by atoms with Crippen LogP contribution in [0.1, 0.15) is 26.2 Å². The maximum Gasteiger partial charge on any atom is 0.0995 e. The topological polar surface area (TPSA) is 36.9 Å². The molecule has 0 radical (unpaired) electrons. The van der Waals surface area contributed by atoms with Crippen LogP contribution in [0.15, 0.2) is 23.8 Å². The Kier molecular flexibility index (Phi) is 3.55. The fourth-order valence-corrected chi connectivity index (χ4v) is 6.41. The van der Waals surface area contributed by atoms with Gasteiger partial charge in [0.2, 0.25) is 0 Å². The largest absolute Gasteiger partial charge is 0.384 e. The minimum atomic E-state index is -0.257. The van der Waals surface area contributed by atoms with E-state index >= 15 is 0 Å². The van der Waals surface area contributed by atoms with E-state index in [1.54, 1.807) is 14.2 Å². The first kappa shape index (κ1) is 15.8. The highest BCUT2D eigenvalue weighted by atomic mass is 16.5. The molecule has 2 heterocycles. The van der Waals surface area contributed by atoms with Crippen LogP contribution in [0.25, 0.3) is 0 Å². The third kappa shape index (κ3) is 1.56. The smallest absolute Gasteiger partial charge is 0.0995 e. The van der Waals surface area contributed by atoms with Gasteiger partial charge in [0.05, 0.1) is 41.9 Å². The molecule has 1 spiro atoms. The van der Waals surface area contributed by atoms with Crippen molar-refractivity contribution in [3.63, 3.8) is 0 Å². The van der Waals surface area contributed by atoms with Gasteiger partial charge in [0.1, 0.15) is 0 Å². The van der Waals surface area contributed by atoms with E-state index in [4.69, 9.17) is 18.9 Å². The standard InChI is InChI=1S/C19H28O4/c1-13-10-14-6-5-8-17-9-7-15(23-17)18(11-20-2,16(13)22-4)19(14,17)12-21-3/h7,9-10,13,15-16H,5-6,8,11-12H2,1-4H3/t13-,15+,16-,17-,18-,19-/m0/s1. The summed E-state index contributed by atoms with van der Waals surface area (Å²) in [5.74, 6) is 0.349. The second kappa shape index (κ2) is 5.16. The molecule has 128 valence electrons. The summed E-state index contributed by atoms with van der Waals surface area (Å²) in [6.45, 7) is 3.55. The Labute approximate surface area is 138 Å².